The van der Waals surface area contributed by atoms with Crippen molar-refractivity contribution in [2.45, 2.75) is 37.5 Å². The van der Waals surface area contributed by atoms with Crippen molar-refractivity contribution in [2.75, 3.05) is 39.9 Å². The van der Waals surface area contributed by atoms with Gasteiger partial charge in [0.15, 0.2) is 5.17 Å². The molecule has 0 spiro atoms. The molecule has 1 fully saturated rings. The van der Waals surface area contributed by atoms with E-state index >= 15 is 0 Å². The van der Waals surface area contributed by atoms with E-state index in [1.54, 1.807) is 11.8 Å². The molecule has 0 bridgehead atoms. The molecule has 4 rings (SSSR count). The molecular formula is C29H35ClFN3O5S. The molecule has 1 saturated heterocycles. The SMILES string of the molecule is CN(C1=Nc2ccc(Cl)cc2CS1)C1CCN(CCCOCCc2ccc(F)cc2)CC1.O=C(O)C=CC(=O)O. The van der Waals surface area contributed by atoms with Crippen molar-refractivity contribution in [1.82, 2.24) is 9.80 Å². The number of aliphatic carboxylic acids is 2. The maximum atomic E-state index is 12.9. The molecule has 0 atom stereocenters. The summed E-state index contributed by atoms with van der Waals surface area (Å²) in [6, 6.07) is 13.2. The van der Waals surface area contributed by atoms with E-state index in [2.05, 4.69) is 16.8 Å². The number of nitrogens with zero attached hydrogens (tertiary/aromatic N) is 3. The average Bonchev–Trinajstić information content (AvgIpc) is 2.95. The van der Waals surface area contributed by atoms with Crippen molar-refractivity contribution >= 4 is 46.2 Å². The first-order valence-corrected chi connectivity index (χ1v) is 14.5. The fraction of sp³-hybridized carbons (Fsp3) is 0.414. The van der Waals surface area contributed by atoms with Crippen LogP contribution in [0.15, 0.2) is 59.6 Å². The molecule has 216 valence electrons. The molecule has 0 saturated carbocycles. The van der Waals surface area contributed by atoms with Gasteiger partial charge in [0.25, 0.3) is 0 Å². The quantitative estimate of drug-likeness (QED) is 0.277. The topological polar surface area (TPSA) is 103 Å². The lowest BCUT2D eigenvalue weighted by Crippen LogP contribution is -2.45. The van der Waals surface area contributed by atoms with Crippen LogP contribution in [0.5, 0.6) is 0 Å². The number of likely N-dealkylation sites (tertiary alicyclic amines) is 1. The summed E-state index contributed by atoms with van der Waals surface area (Å²) in [6.07, 6.45) is 5.32. The highest BCUT2D eigenvalue weighted by molar-refractivity contribution is 8.13. The van der Waals surface area contributed by atoms with Crippen LogP contribution in [0, 0.1) is 5.82 Å². The number of amidine groups is 1. The molecule has 0 amide bonds. The van der Waals surface area contributed by atoms with Crippen LogP contribution < -0.4 is 0 Å². The van der Waals surface area contributed by atoms with Gasteiger partial charge in [0.1, 0.15) is 5.82 Å². The minimum absolute atomic E-state index is 0.189. The highest BCUT2D eigenvalue weighted by Crippen LogP contribution is 2.34. The number of aliphatic imine (C=N–C) groups is 1. The molecule has 0 aromatic heterocycles. The van der Waals surface area contributed by atoms with Crippen LogP contribution in [-0.4, -0.2) is 83.1 Å². The number of carboxylic acid groups (broad SMARTS) is 2. The van der Waals surface area contributed by atoms with Gasteiger partial charge in [-0.25, -0.2) is 19.0 Å². The largest absolute Gasteiger partial charge is 0.478 e. The second-order valence-corrected chi connectivity index (χ2v) is 10.9. The van der Waals surface area contributed by atoms with Crippen molar-refractivity contribution in [1.29, 1.82) is 0 Å². The number of ether oxygens (including phenoxy) is 1. The molecule has 8 nitrogen and oxygen atoms in total. The summed E-state index contributed by atoms with van der Waals surface area (Å²) in [4.78, 5) is 28.9. The zero-order chi connectivity index (χ0) is 28.9. The second kappa shape index (κ2) is 16.4. The maximum Gasteiger partial charge on any atom is 0.328 e. The predicted octanol–water partition coefficient (Wildman–Crippen LogP) is 5.47. The fourth-order valence-electron chi connectivity index (χ4n) is 4.40. The number of thioether (sulfide) groups is 1. The average molecular weight is 592 g/mol. The van der Waals surface area contributed by atoms with Crippen LogP contribution in [0.1, 0.15) is 30.4 Å². The second-order valence-electron chi connectivity index (χ2n) is 9.49. The van der Waals surface area contributed by atoms with Gasteiger partial charge >= 0.3 is 11.9 Å². The van der Waals surface area contributed by atoms with Crippen LogP contribution >= 0.6 is 23.4 Å². The third kappa shape index (κ3) is 10.9. The number of rotatable bonds is 10. The Balaban J connectivity index is 0.000000482. The molecule has 2 aliphatic rings. The molecule has 2 aromatic rings. The van der Waals surface area contributed by atoms with E-state index in [0.29, 0.717) is 24.8 Å². The summed E-state index contributed by atoms with van der Waals surface area (Å²) in [5.41, 5.74) is 3.38. The Morgan fingerprint density at radius 1 is 1.12 bits per heavy atom. The highest BCUT2D eigenvalue weighted by atomic mass is 35.5. The maximum absolute atomic E-state index is 12.9. The van der Waals surface area contributed by atoms with Crippen LogP contribution in [0.2, 0.25) is 5.02 Å². The number of carbonyl (C=O) groups is 2. The van der Waals surface area contributed by atoms with Crippen LogP contribution in [-0.2, 0) is 26.5 Å². The lowest BCUT2D eigenvalue weighted by atomic mass is 10.0. The van der Waals surface area contributed by atoms with Gasteiger partial charge in [-0.3, -0.25) is 0 Å². The molecule has 0 unspecified atom stereocenters. The van der Waals surface area contributed by atoms with Crippen LogP contribution in [0.3, 0.4) is 0 Å². The Bertz CT molecular complexity index is 1170. The van der Waals surface area contributed by atoms with E-state index in [9.17, 15) is 14.0 Å². The molecular weight excluding hydrogens is 557 g/mol. The first kappa shape index (κ1) is 31.6. The molecule has 2 heterocycles. The Morgan fingerprint density at radius 3 is 2.45 bits per heavy atom. The van der Waals surface area contributed by atoms with Crippen molar-refractivity contribution in [3.63, 3.8) is 0 Å². The molecule has 40 heavy (non-hydrogen) atoms. The standard InChI is InChI=1S/C25H31ClFN3OS.C4H4O4/c1-29(25-28-24-8-5-21(26)17-20(24)18-32-25)23-9-13-30(14-10-23)12-2-15-31-16-11-19-3-6-22(27)7-4-19;5-3(6)1-2-4(7)8/h3-8,17,23H,2,9-16,18H2,1H3;1-2H,(H,5,6)(H,7,8). The number of fused-ring (bicyclic) bond motifs is 1. The number of piperidine rings is 1. The Hall–Kier alpha value is -2.92. The Morgan fingerprint density at radius 2 is 1.80 bits per heavy atom. The lowest BCUT2D eigenvalue weighted by Gasteiger charge is -2.38. The molecule has 2 aromatic carbocycles. The summed E-state index contributed by atoms with van der Waals surface area (Å²) in [6.45, 7) is 4.78. The van der Waals surface area contributed by atoms with Crippen molar-refractivity contribution in [3.05, 3.63) is 76.6 Å². The van der Waals surface area contributed by atoms with Crippen LogP contribution in [0.4, 0.5) is 10.1 Å². The third-order valence-electron chi connectivity index (χ3n) is 6.60. The number of benzene rings is 2. The lowest BCUT2D eigenvalue weighted by molar-refractivity contribution is -0.134. The van der Waals surface area contributed by atoms with E-state index in [1.807, 2.05) is 30.3 Å². The summed E-state index contributed by atoms with van der Waals surface area (Å²) >= 11 is 7.92. The van der Waals surface area contributed by atoms with Crippen molar-refractivity contribution < 1.29 is 28.9 Å². The third-order valence-corrected chi connectivity index (χ3v) is 7.93. The molecule has 2 aliphatic heterocycles. The number of carboxylic acids is 2. The van der Waals surface area contributed by atoms with E-state index in [4.69, 9.17) is 31.5 Å². The summed E-state index contributed by atoms with van der Waals surface area (Å²) < 4.78 is 18.7. The van der Waals surface area contributed by atoms with Crippen molar-refractivity contribution in [3.8, 4) is 0 Å². The van der Waals surface area contributed by atoms with Gasteiger partial charge in [0, 0.05) is 62.3 Å². The van der Waals surface area contributed by atoms with Crippen molar-refractivity contribution in [2.24, 2.45) is 4.99 Å². The van der Waals surface area contributed by atoms with Crippen LogP contribution in [0.25, 0.3) is 0 Å². The molecule has 0 radical (unpaired) electrons. The van der Waals surface area contributed by atoms with E-state index in [-0.39, 0.29) is 5.82 Å². The summed E-state index contributed by atoms with van der Waals surface area (Å²) in [5.74, 6) is -1.77. The zero-order valence-corrected chi connectivity index (χ0v) is 24.0. The van der Waals surface area contributed by atoms with Gasteiger partial charge in [-0.2, -0.15) is 0 Å². The highest BCUT2D eigenvalue weighted by Gasteiger charge is 2.26. The molecule has 2 N–H and O–H groups in total. The van der Waals surface area contributed by atoms with Gasteiger partial charge < -0.3 is 24.7 Å². The first-order valence-electron chi connectivity index (χ1n) is 13.1. The number of hydrogen-bond acceptors (Lipinski definition) is 7. The van der Waals surface area contributed by atoms with E-state index < -0.39 is 11.9 Å². The predicted molar refractivity (Wildman–Crippen MR) is 157 cm³/mol. The van der Waals surface area contributed by atoms with Gasteiger partial charge in [-0.1, -0.05) is 35.5 Å². The number of halogens is 2. The Labute approximate surface area is 243 Å². The van der Waals surface area contributed by atoms with Gasteiger partial charge in [0.05, 0.1) is 12.3 Å². The summed E-state index contributed by atoms with van der Waals surface area (Å²) in [7, 11) is 2.18. The zero-order valence-electron chi connectivity index (χ0n) is 22.5. The first-order chi connectivity index (χ1) is 19.2. The Kier molecular flexibility index (Phi) is 12.9. The summed E-state index contributed by atoms with van der Waals surface area (Å²) in [5, 5.41) is 17.5. The van der Waals surface area contributed by atoms with E-state index in [0.717, 1.165) is 79.1 Å². The van der Waals surface area contributed by atoms with Gasteiger partial charge in [-0.15, -0.1) is 0 Å². The van der Waals surface area contributed by atoms with E-state index in [1.165, 1.54) is 17.7 Å². The minimum atomic E-state index is -1.26. The fourth-order valence-corrected chi connectivity index (χ4v) is 5.63. The smallest absolute Gasteiger partial charge is 0.328 e. The normalized spacial score (nSPS) is 15.6. The monoisotopic (exact) mass is 591 g/mol. The minimum Gasteiger partial charge on any atom is -0.478 e. The van der Waals surface area contributed by atoms with Gasteiger partial charge in [0.2, 0.25) is 0 Å². The molecule has 11 heteroatoms. The number of hydrogen-bond donors (Lipinski definition) is 2. The molecule has 0 aliphatic carbocycles. The van der Waals surface area contributed by atoms with Gasteiger partial charge in [-0.05, 0) is 67.1 Å².